The van der Waals surface area contributed by atoms with Gasteiger partial charge in [-0.2, -0.15) is 0 Å². The first-order valence-corrected chi connectivity index (χ1v) is 10.2. The predicted octanol–water partition coefficient (Wildman–Crippen LogP) is 2.72. The second kappa shape index (κ2) is 6.29. The van der Waals surface area contributed by atoms with Gasteiger partial charge in [0, 0.05) is 25.6 Å². The Labute approximate surface area is 149 Å². The number of nitrogens with one attached hydrogen (secondary N) is 1. The first-order chi connectivity index (χ1) is 12.3. The summed E-state index contributed by atoms with van der Waals surface area (Å²) in [5.41, 5.74) is 0. The number of carbonyl (C=O) groups excluding carboxylic acids is 1. The predicted molar refractivity (Wildman–Crippen MR) is 93.9 cm³/mol. The molecule has 1 aromatic heterocycles. The van der Waals surface area contributed by atoms with E-state index in [9.17, 15) is 4.79 Å². The maximum Gasteiger partial charge on any atom is 0.318 e. The lowest BCUT2D eigenvalue weighted by atomic mass is 9.84. The van der Waals surface area contributed by atoms with Crippen molar-refractivity contribution in [3.05, 3.63) is 11.6 Å². The van der Waals surface area contributed by atoms with Crippen LogP contribution in [0.15, 0.2) is 0 Å². The molecule has 136 valence electrons. The second-order valence-corrected chi connectivity index (χ2v) is 8.61. The topological polar surface area (TPSA) is 63.1 Å². The van der Waals surface area contributed by atoms with Gasteiger partial charge in [-0.15, -0.1) is 10.2 Å². The van der Waals surface area contributed by atoms with Crippen LogP contribution in [0.5, 0.6) is 0 Å². The maximum absolute atomic E-state index is 12.7. The minimum absolute atomic E-state index is 0.0982. The van der Waals surface area contributed by atoms with Crippen molar-refractivity contribution in [1.29, 1.82) is 0 Å². The number of fused-ring (bicyclic) bond motifs is 3. The van der Waals surface area contributed by atoms with E-state index in [1.54, 1.807) is 0 Å². The summed E-state index contributed by atoms with van der Waals surface area (Å²) in [5, 5.41) is 11.6. The lowest BCUT2D eigenvalue weighted by Crippen LogP contribution is -2.43. The van der Waals surface area contributed by atoms with Crippen molar-refractivity contribution < 1.29 is 4.79 Å². The van der Waals surface area contributed by atoms with Gasteiger partial charge in [-0.1, -0.05) is 6.42 Å². The fraction of sp³-hybridized carbons (Fsp3) is 0.842. The van der Waals surface area contributed by atoms with Crippen LogP contribution in [0, 0.1) is 17.8 Å². The highest BCUT2D eigenvalue weighted by Gasteiger charge is 2.42. The van der Waals surface area contributed by atoms with Crippen LogP contribution < -0.4 is 5.32 Å². The normalized spacial score (nSPS) is 33.2. The van der Waals surface area contributed by atoms with Gasteiger partial charge in [0.15, 0.2) is 5.82 Å². The van der Waals surface area contributed by atoms with Crippen LogP contribution >= 0.6 is 0 Å². The van der Waals surface area contributed by atoms with E-state index in [0.29, 0.717) is 12.6 Å². The van der Waals surface area contributed by atoms with Gasteiger partial charge in [0.1, 0.15) is 5.82 Å². The number of amides is 2. The molecule has 2 aliphatic heterocycles. The monoisotopic (exact) mass is 343 g/mol. The molecule has 2 bridgehead atoms. The quantitative estimate of drug-likeness (QED) is 0.914. The minimum atomic E-state index is 0.0982. The second-order valence-electron chi connectivity index (χ2n) is 8.61. The SMILES string of the molecule is O=C(NCc1nnc2n1CCC2)N1CCC[C@H]1C[C@@H]1C[C@H]2CC[C@H]1C2. The van der Waals surface area contributed by atoms with Crippen molar-refractivity contribution in [2.45, 2.75) is 76.9 Å². The maximum atomic E-state index is 12.7. The van der Waals surface area contributed by atoms with Crippen LogP contribution in [0.1, 0.15) is 63.0 Å². The molecular formula is C19H29N5O. The molecule has 25 heavy (non-hydrogen) atoms. The summed E-state index contributed by atoms with van der Waals surface area (Å²) in [6.45, 7) is 2.41. The fourth-order valence-electron chi connectivity index (χ4n) is 5.96. The summed E-state index contributed by atoms with van der Waals surface area (Å²) < 4.78 is 2.16. The Kier molecular flexibility index (Phi) is 3.94. The number of hydrogen-bond donors (Lipinski definition) is 1. The summed E-state index contributed by atoms with van der Waals surface area (Å²) in [4.78, 5) is 14.8. The molecule has 3 heterocycles. The summed E-state index contributed by atoms with van der Waals surface area (Å²) in [6.07, 6.45) is 11.5. The first kappa shape index (κ1) is 15.6. The van der Waals surface area contributed by atoms with Crippen molar-refractivity contribution in [1.82, 2.24) is 25.0 Å². The highest BCUT2D eigenvalue weighted by Crippen LogP contribution is 2.50. The Balaban J connectivity index is 1.18. The molecule has 0 radical (unpaired) electrons. The van der Waals surface area contributed by atoms with Crippen LogP contribution in [-0.4, -0.2) is 38.3 Å². The molecule has 0 unspecified atom stereocenters. The number of rotatable bonds is 4. The summed E-state index contributed by atoms with van der Waals surface area (Å²) in [7, 11) is 0. The third kappa shape index (κ3) is 2.83. The molecule has 4 aliphatic rings. The van der Waals surface area contributed by atoms with Crippen molar-refractivity contribution in [2.75, 3.05) is 6.54 Å². The Hall–Kier alpha value is -1.59. The van der Waals surface area contributed by atoms with Crippen molar-refractivity contribution in [2.24, 2.45) is 17.8 Å². The zero-order valence-electron chi connectivity index (χ0n) is 15.0. The van der Waals surface area contributed by atoms with Crippen molar-refractivity contribution >= 4 is 6.03 Å². The highest BCUT2D eigenvalue weighted by molar-refractivity contribution is 5.74. The van der Waals surface area contributed by atoms with Gasteiger partial charge in [0.2, 0.25) is 0 Å². The molecule has 3 fully saturated rings. The van der Waals surface area contributed by atoms with E-state index in [1.807, 2.05) is 0 Å². The van der Waals surface area contributed by atoms with Crippen LogP contribution in [-0.2, 0) is 19.5 Å². The average molecular weight is 343 g/mol. The third-order valence-electron chi connectivity index (χ3n) is 7.18. The molecule has 2 amide bonds. The van der Waals surface area contributed by atoms with Crippen LogP contribution in [0.25, 0.3) is 0 Å². The standard InChI is InChI=1S/C19H29N5O/c25-19(20-12-18-22-21-17-4-2-8-24(17)18)23-7-1-3-16(23)11-15-10-13-5-6-14(15)9-13/h13-16H,1-12H2,(H,20,25)/t13-,14-,15-,16-/m0/s1. The van der Waals surface area contributed by atoms with Gasteiger partial charge in [0.05, 0.1) is 6.54 Å². The van der Waals surface area contributed by atoms with E-state index in [0.717, 1.165) is 61.8 Å². The zero-order valence-corrected chi connectivity index (χ0v) is 15.0. The lowest BCUT2D eigenvalue weighted by Gasteiger charge is -2.30. The van der Waals surface area contributed by atoms with E-state index in [2.05, 4.69) is 25.0 Å². The average Bonchev–Trinajstić information content (AvgIpc) is 3.38. The van der Waals surface area contributed by atoms with Gasteiger partial charge in [-0.25, -0.2) is 4.79 Å². The van der Waals surface area contributed by atoms with E-state index >= 15 is 0 Å². The molecule has 6 heteroatoms. The first-order valence-electron chi connectivity index (χ1n) is 10.2. The van der Waals surface area contributed by atoms with Crippen molar-refractivity contribution in [3.8, 4) is 0 Å². The molecule has 0 spiro atoms. The lowest BCUT2D eigenvalue weighted by molar-refractivity contribution is 0.174. The van der Waals surface area contributed by atoms with Gasteiger partial charge in [-0.05, 0) is 62.7 Å². The number of likely N-dealkylation sites (tertiary alicyclic amines) is 1. The Morgan fingerprint density at radius 1 is 1.12 bits per heavy atom. The molecule has 6 nitrogen and oxygen atoms in total. The molecule has 1 saturated heterocycles. The van der Waals surface area contributed by atoms with Gasteiger partial charge in [-0.3, -0.25) is 0 Å². The van der Waals surface area contributed by atoms with Gasteiger partial charge in [0.25, 0.3) is 0 Å². The Morgan fingerprint density at radius 2 is 2.08 bits per heavy atom. The third-order valence-corrected chi connectivity index (χ3v) is 7.18. The minimum Gasteiger partial charge on any atom is -0.331 e. The van der Waals surface area contributed by atoms with Crippen LogP contribution in [0.2, 0.25) is 0 Å². The number of hydrogen-bond acceptors (Lipinski definition) is 3. The molecule has 0 aromatic carbocycles. The fourth-order valence-corrected chi connectivity index (χ4v) is 5.96. The molecule has 1 N–H and O–H groups in total. The number of aryl methyl sites for hydroxylation is 1. The smallest absolute Gasteiger partial charge is 0.318 e. The van der Waals surface area contributed by atoms with Crippen molar-refractivity contribution in [3.63, 3.8) is 0 Å². The Morgan fingerprint density at radius 3 is 2.92 bits per heavy atom. The van der Waals surface area contributed by atoms with Crippen LogP contribution in [0.3, 0.4) is 0 Å². The Bertz CT molecular complexity index is 656. The van der Waals surface area contributed by atoms with E-state index in [4.69, 9.17) is 0 Å². The van der Waals surface area contributed by atoms with E-state index < -0.39 is 0 Å². The zero-order chi connectivity index (χ0) is 16.8. The van der Waals surface area contributed by atoms with Gasteiger partial charge < -0.3 is 14.8 Å². The number of carbonyl (C=O) groups is 1. The molecule has 2 aliphatic carbocycles. The molecule has 2 saturated carbocycles. The molecule has 4 atom stereocenters. The summed E-state index contributed by atoms with van der Waals surface area (Å²) >= 11 is 0. The molecule has 1 aromatic rings. The van der Waals surface area contributed by atoms with E-state index in [1.165, 1.54) is 38.5 Å². The van der Waals surface area contributed by atoms with Gasteiger partial charge >= 0.3 is 6.03 Å². The summed E-state index contributed by atoms with van der Waals surface area (Å²) in [5.74, 6) is 4.80. The number of nitrogens with zero attached hydrogens (tertiary/aromatic N) is 4. The highest BCUT2D eigenvalue weighted by atomic mass is 16.2. The molecular weight excluding hydrogens is 314 g/mol. The van der Waals surface area contributed by atoms with Crippen LogP contribution in [0.4, 0.5) is 4.79 Å². The number of aromatic nitrogens is 3. The number of urea groups is 1. The largest absolute Gasteiger partial charge is 0.331 e. The summed E-state index contributed by atoms with van der Waals surface area (Å²) in [6, 6.07) is 0.550. The van der Waals surface area contributed by atoms with E-state index in [-0.39, 0.29) is 6.03 Å². The molecule has 5 rings (SSSR count).